The highest BCUT2D eigenvalue weighted by molar-refractivity contribution is 7.90. The fourth-order valence-electron chi connectivity index (χ4n) is 3.87. The summed E-state index contributed by atoms with van der Waals surface area (Å²) in [4.78, 5) is 24.4. The number of hydrogen-bond acceptors (Lipinski definition) is 7. The van der Waals surface area contributed by atoms with Crippen molar-refractivity contribution in [3.63, 3.8) is 0 Å². The number of amides is 2. The first-order chi connectivity index (χ1) is 15.7. The molecule has 0 saturated heterocycles. The van der Waals surface area contributed by atoms with Gasteiger partial charge in [-0.3, -0.25) is 9.89 Å². The highest BCUT2D eigenvalue weighted by Crippen LogP contribution is 2.35. The molecule has 3 rings (SSSR count). The van der Waals surface area contributed by atoms with Crippen molar-refractivity contribution in [1.29, 1.82) is 0 Å². The predicted molar refractivity (Wildman–Crippen MR) is 122 cm³/mol. The second-order valence-corrected chi connectivity index (χ2v) is 10.1. The second-order valence-electron chi connectivity index (χ2n) is 8.14. The molecule has 33 heavy (non-hydrogen) atoms. The minimum absolute atomic E-state index is 0.0553. The van der Waals surface area contributed by atoms with Gasteiger partial charge in [0.05, 0.1) is 18.4 Å². The van der Waals surface area contributed by atoms with Crippen LogP contribution in [-0.2, 0) is 25.8 Å². The van der Waals surface area contributed by atoms with Crippen LogP contribution in [0.2, 0.25) is 0 Å². The molecule has 1 aromatic carbocycles. The largest absolute Gasteiger partial charge is 0.497 e. The second kappa shape index (κ2) is 10.7. The Kier molecular flexibility index (Phi) is 7.96. The maximum Gasteiger partial charge on any atom is 0.407 e. The summed E-state index contributed by atoms with van der Waals surface area (Å²) in [5, 5.41) is 12.5. The molecule has 1 fully saturated rings. The zero-order valence-electron chi connectivity index (χ0n) is 19.0. The first-order valence-corrected chi connectivity index (χ1v) is 12.7. The van der Waals surface area contributed by atoms with Crippen LogP contribution in [0.3, 0.4) is 0 Å². The van der Waals surface area contributed by atoms with Crippen molar-refractivity contribution in [1.82, 2.24) is 15.5 Å². The summed E-state index contributed by atoms with van der Waals surface area (Å²) in [6.07, 6.45) is 3.54. The summed E-state index contributed by atoms with van der Waals surface area (Å²) >= 11 is 0. The molecule has 10 nitrogen and oxygen atoms in total. The Balaban J connectivity index is 1.58. The average molecular weight is 479 g/mol. The van der Waals surface area contributed by atoms with Gasteiger partial charge in [0, 0.05) is 30.5 Å². The van der Waals surface area contributed by atoms with Crippen LogP contribution in [0.4, 0.5) is 10.6 Å². The van der Waals surface area contributed by atoms with Crippen LogP contribution in [0.15, 0.2) is 29.2 Å². The number of aromatic nitrogens is 2. The minimum atomic E-state index is -3.53. The third-order valence-electron chi connectivity index (χ3n) is 5.51. The molecule has 2 aromatic rings. The van der Waals surface area contributed by atoms with E-state index in [1.54, 1.807) is 18.2 Å². The highest BCUT2D eigenvalue weighted by Gasteiger charge is 2.30. The van der Waals surface area contributed by atoms with Crippen LogP contribution in [0.1, 0.15) is 49.8 Å². The van der Waals surface area contributed by atoms with Gasteiger partial charge in [-0.2, -0.15) is 5.10 Å². The summed E-state index contributed by atoms with van der Waals surface area (Å²) in [6, 6.07) is 6.35. The number of carbonyl (C=O) groups is 2. The summed E-state index contributed by atoms with van der Waals surface area (Å²) in [5.41, 5.74) is 1.23. The molecule has 0 bridgehead atoms. The van der Waals surface area contributed by atoms with Gasteiger partial charge in [0.2, 0.25) is 5.91 Å². The maximum atomic E-state index is 12.6. The molecule has 1 saturated carbocycles. The van der Waals surface area contributed by atoms with E-state index in [1.165, 1.54) is 13.2 Å². The van der Waals surface area contributed by atoms with Crippen molar-refractivity contribution in [3.8, 4) is 5.75 Å². The molecule has 11 heteroatoms. The summed E-state index contributed by atoms with van der Waals surface area (Å²) in [5.74, 6) is 0.515. The third kappa shape index (κ3) is 6.70. The number of carbonyl (C=O) groups excluding carboxylic acids is 2. The van der Waals surface area contributed by atoms with E-state index in [4.69, 9.17) is 9.47 Å². The number of aromatic amines is 1. The summed E-state index contributed by atoms with van der Waals surface area (Å²) < 4.78 is 34.8. The molecule has 0 aliphatic heterocycles. The van der Waals surface area contributed by atoms with E-state index in [2.05, 4.69) is 20.8 Å². The molecule has 2 atom stereocenters. The fourth-order valence-corrected chi connectivity index (χ4v) is 4.82. The van der Waals surface area contributed by atoms with Gasteiger partial charge in [-0.15, -0.1) is 0 Å². The lowest BCUT2D eigenvalue weighted by molar-refractivity contribution is -0.115. The Morgan fingerprint density at radius 2 is 2.03 bits per heavy atom. The normalized spacial score (nSPS) is 18.0. The molecule has 1 heterocycles. The molecule has 1 aliphatic carbocycles. The van der Waals surface area contributed by atoms with Gasteiger partial charge in [0.1, 0.15) is 11.9 Å². The van der Waals surface area contributed by atoms with Gasteiger partial charge in [0.15, 0.2) is 15.7 Å². The van der Waals surface area contributed by atoms with E-state index in [0.29, 0.717) is 30.1 Å². The van der Waals surface area contributed by atoms with Gasteiger partial charge in [-0.05, 0) is 43.4 Å². The van der Waals surface area contributed by atoms with Crippen molar-refractivity contribution in [2.45, 2.75) is 55.9 Å². The van der Waals surface area contributed by atoms with E-state index < -0.39 is 15.9 Å². The molecule has 1 aliphatic rings. The number of benzene rings is 1. The molecule has 0 unspecified atom stereocenters. The van der Waals surface area contributed by atoms with Crippen molar-refractivity contribution in [3.05, 3.63) is 35.5 Å². The van der Waals surface area contributed by atoms with Crippen LogP contribution in [0.5, 0.6) is 5.75 Å². The number of rotatable bonds is 9. The molecule has 0 radical (unpaired) electrons. The van der Waals surface area contributed by atoms with Crippen molar-refractivity contribution < 1.29 is 27.5 Å². The standard InChI is InChI=1S/C22H30N4O6S/c1-4-9-23-22(28)32-17-8-5-14(10-17)18-13-20(26-25-18)24-21(27)11-15-6-7-16(31-2)12-19(15)33(3,29)30/h6-7,12-14,17H,4-5,8-11H2,1-3H3,(H,23,28)(H2,24,25,26,27)/t14-,17+/m0/s1. The molecular weight excluding hydrogens is 448 g/mol. The first-order valence-electron chi connectivity index (χ1n) is 10.9. The van der Waals surface area contributed by atoms with Crippen molar-refractivity contribution in [2.24, 2.45) is 0 Å². The molecular formula is C22H30N4O6S. The quantitative estimate of drug-likeness (QED) is 0.503. The molecule has 1 aromatic heterocycles. The number of sulfone groups is 1. The predicted octanol–water partition coefficient (Wildman–Crippen LogP) is 2.78. The number of anilines is 1. The van der Waals surface area contributed by atoms with Crippen molar-refractivity contribution in [2.75, 3.05) is 25.2 Å². The Morgan fingerprint density at radius 3 is 2.73 bits per heavy atom. The topological polar surface area (TPSA) is 139 Å². The van der Waals surface area contributed by atoms with Gasteiger partial charge in [-0.25, -0.2) is 13.2 Å². The molecule has 2 amide bonds. The molecule has 180 valence electrons. The van der Waals surface area contributed by atoms with Crippen molar-refractivity contribution >= 4 is 27.7 Å². The molecule has 3 N–H and O–H groups in total. The third-order valence-corrected chi connectivity index (χ3v) is 6.69. The summed E-state index contributed by atoms with van der Waals surface area (Å²) in [6.45, 7) is 2.56. The maximum absolute atomic E-state index is 12.6. The van der Waals surface area contributed by atoms with Gasteiger partial charge >= 0.3 is 6.09 Å². The van der Waals surface area contributed by atoms with Crippen LogP contribution >= 0.6 is 0 Å². The minimum Gasteiger partial charge on any atom is -0.497 e. The Morgan fingerprint density at radius 1 is 1.24 bits per heavy atom. The number of ether oxygens (including phenoxy) is 2. The van der Waals surface area contributed by atoms with E-state index in [1.807, 2.05) is 6.92 Å². The summed E-state index contributed by atoms with van der Waals surface area (Å²) in [7, 11) is -2.09. The lowest BCUT2D eigenvalue weighted by Gasteiger charge is -2.12. The lowest BCUT2D eigenvalue weighted by Crippen LogP contribution is -2.28. The number of hydrogen-bond donors (Lipinski definition) is 3. The highest BCUT2D eigenvalue weighted by atomic mass is 32.2. The number of nitrogens with zero attached hydrogens (tertiary/aromatic N) is 1. The Bertz CT molecular complexity index is 1100. The van der Waals surface area contributed by atoms with E-state index in [9.17, 15) is 18.0 Å². The number of nitrogens with one attached hydrogen (secondary N) is 3. The van der Waals surface area contributed by atoms with Crippen LogP contribution < -0.4 is 15.4 Å². The van der Waals surface area contributed by atoms with Crippen LogP contribution in [0, 0.1) is 0 Å². The van der Waals surface area contributed by atoms with E-state index in [0.717, 1.165) is 31.2 Å². The van der Waals surface area contributed by atoms with Crippen LogP contribution in [0.25, 0.3) is 0 Å². The van der Waals surface area contributed by atoms with Gasteiger partial charge in [0.25, 0.3) is 0 Å². The number of H-pyrrole nitrogens is 1. The zero-order chi connectivity index (χ0) is 24.0. The van der Waals surface area contributed by atoms with Crippen LogP contribution in [-0.4, -0.2) is 56.6 Å². The lowest BCUT2D eigenvalue weighted by atomic mass is 10.0. The fraction of sp³-hybridized carbons (Fsp3) is 0.500. The van der Waals surface area contributed by atoms with Gasteiger partial charge < -0.3 is 20.1 Å². The monoisotopic (exact) mass is 478 g/mol. The zero-order valence-corrected chi connectivity index (χ0v) is 19.8. The van der Waals surface area contributed by atoms with Gasteiger partial charge in [-0.1, -0.05) is 13.0 Å². The average Bonchev–Trinajstić information content (AvgIpc) is 3.41. The van der Waals surface area contributed by atoms with E-state index >= 15 is 0 Å². The number of methoxy groups -OCH3 is 1. The molecule has 0 spiro atoms. The number of alkyl carbamates (subject to hydrolysis) is 1. The smallest absolute Gasteiger partial charge is 0.407 e. The Hall–Kier alpha value is -3.08. The van der Waals surface area contributed by atoms with E-state index in [-0.39, 0.29) is 29.2 Å². The Labute approximate surface area is 193 Å². The first kappa shape index (κ1) is 24.6. The SMILES string of the molecule is CCCNC(=O)O[C@@H]1CC[C@H](c2cc(NC(=O)Cc3ccc(OC)cc3S(C)(=O)=O)n[nH]2)C1.